The number of hydrogen-bond donors (Lipinski definition) is 1. The van der Waals surface area contributed by atoms with Crippen LogP contribution < -0.4 is 5.32 Å². The minimum atomic E-state index is -0.124. The molecule has 2 aromatic carbocycles. The molecule has 1 amide bonds. The molecule has 4 nitrogen and oxygen atoms in total. The number of aromatic nitrogens is 2. The second-order valence-electron chi connectivity index (χ2n) is 6.27. The van der Waals surface area contributed by atoms with Crippen LogP contribution in [0, 0.1) is 5.92 Å². The minimum absolute atomic E-state index is 0.124. The normalized spacial score (nSPS) is 10.9. The molecule has 128 valence electrons. The molecule has 1 aromatic heterocycles. The predicted molar refractivity (Wildman–Crippen MR) is 101 cm³/mol. The first-order valence-electron chi connectivity index (χ1n) is 8.24. The molecule has 1 N–H and O–H groups in total. The molecular weight excluding hydrogens is 334 g/mol. The van der Waals surface area contributed by atoms with Crippen molar-refractivity contribution >= 4 is 17.5 Å². The maximum Gasteiger partial charge on any atom is 0.255 e. The van der Waals surface area contributed by atoms with Gasteiger partial charge in [-0.05, 0) is 24.1 Å². The first-order valence-corrected chi connectivity index (χ1v) is 8.61. The molecule has 0 aliphatic carbocycles. The summed E-state index contributed by atoms with van der Waals surface area (Å²) in [5.41, 5.74) is 3.04. The van der Waals surface area contributed by atoms with Crippen LogP contribution in [0.2, 0.25) is 5.02 Å². The van der Waals surface area contributed by atoms with Gasteiger partial charge in [-0.1, -0.05) is 61.8 Å². The Hall–Kier alpha value is -2.59. The van der Waals surface area contributed by atoms with Crippen LogP contribution in [0.5, 0.6) is 0 Å². The van der Waals surface area contributed by atoms with Crippen molar-refractivity contribution < 1.29 is 4.79 Å². The van der Waals surface area contributed by atoms with Crippen LogP contribution in [-0.4, -0.2) is 22.2 Å². The van der Waals surface area contributed by atoms with E-state index in [1.165, 1.54) is 0 Å². The van der Waals surface area contributed by atoms with E-state index >= 15 is 0 Å². The molecule has 0 bridgehead atoms. The average molecular weight is 354 g/mol. The molecule has 1 heterocycles. The van der Waals surface area contributed by atoms with Crippen molar-refractivity contribution in [2.24, 2.45) is 5.92 Å². The van der Waals surface area contributed by atoms with Crippen LogP contribution in [0.15, 0.2) is 60.8 Å². The number of nitrogens with one attached hydrogen (secondary N) is 1. The topological polar surface area (TPSA) is 46.9 Å². The van der Waals surface area contributed by atoms with Crippen LogP contribution in [0.4, 0.5) is 0 Å². The second kappa shape index (κ2) is 7.53. The summed E-state index contributed by atoms with van der Waals surface area (Å²) >= 11 is 6.13. The highest BCUT2D eigenvalue weighted by Gasteiger charge is 2.20. The van der Waals surface area contributed by atoms with E-state index in [0.717, 1.165) is 16.9 Å². The molecule has 5 heteroatoms. The number of carbonyl (C=O) groups excluding carboxylic acids is 1. The van der Waals surface area contributed by atoms with Crippen LogP contribution in [-0.2, 0) is 0 Å². The number of benzene rings is 2. The van der Waals surface area contributed by atoms with Crippen molar-refractivity contribution in [3.63, 3.8) is 0 Å². The summed E-state index contributed by atoms with van der Waals surface area (Å²) in [5.74, 6) is 0.257. The first kappa shape index (κ1) is 17.2. The summed E-state index contributed by atoms with van der Waals surface area (Å²) in [6, 6.07) is 17.2. The molecule has 25 heavy (non-hydrogen) atoms. The summed E-state index contributed by atoms with van der Waals surface area (Å²) in [7, 11) is 0. The Kier molecular flexibility index (Phi) is 5.19. The maximum absolute atomic E-state index is 12.7. The highest BCUT2D eigenvalue weighted by molar-refractivity contribution is 6.30. The van der Waals surface area contributed by atoms with Crippen molar-refractivity contribution in [2.45, 2.75) is 13.8 Å². The highest BCUT2D eigenvalue weighted by Crippen LogP contribution is 2.27. The Bertz CT molecular complexity index is 872. The minimum Gasteiger partial charge on any atom is -0.352 e. The van der Waals surface area contributed by atoms with Crippen LogP contribution >= 0.6 is 11.6 Å². The zero-order valence-corrected chi connectivity index (χ0v) is 15.0. The molecular formula is C20H20ClN3O. The Morgan fingerprint density at radius 3 is 2.60 bits per heavy atom. The zero-order chi connectivity index (χ0) is 17.8. The van der Waals surface area contributed by atoms with Crippen LogP contribution in [0.3, 0.4) is 0 Å². The summed E-state index contributed by atoms with van der Waals surface area (Å²) in [6.07, 6.45) is 1.61. The summed E-state index contributed by atoms with van der Waals surface area (Å²) in [4.78, 5) is 12.7. The van der Waals surface area contributed by atoms with Gasteiger partial charge in [-0.3, -0.25) is 4.79 Å². The van der Waals surface area contributed by atoms with Crippen LogP contribution in [0.25, 0.3) is 16.9 Å². The largest absolute Gasteiger partial charge is 0.352 e. The van der Waals surface area contributed by atoms with Gasteiger partial charge in [0.2, 0.25) is 0 Å². The molecule has 0 saturated carbocycles. The Labute approximate surface area is 152 Å². The standard InChI is InChI=1S/C20H20ClN3O/c1-14(2)12-22-20(25)18-13-23-24(17-10-6-9-16(21)11-17)19(18)15-7-4-3-5-8-15/h3-11,13-14H,12H2,1-2H3,(H,22,25). The van der Waals surface area contributed by atoms with E-state index in [0.29, 0.717) is 23.0 Å². The van der Waals surface area contributed by atoms with E-state index in [1.54, 1.807) is 10.9 Å². The van der Waals surface area contributed by atoms with Gasteiger partial charge in [0.05, 0.1) is 23.1 Å². The quantitative estimate of drug-likeness (QED) is 0.729. The molecule has 3 rings (SSSR count). The molecule has 0 saturated heterocycles. The fourth-order valence-electron chi connectivity index (χ4n) is 2.58. The highest BCUT2D eigenvalue weighted by atomic mass is 35.5. The third-order valence-electron chi connectivity index (χ3n) is 3.78. The Morgan fingerprint density at radius 1 is 1.16 bits per heavy atom. The Balaban J connectivity index is 2.09. The first-order chi connectivity index (χ1) is 12.1. The van der Waals surface area contributed by atoms with Crippen molar-refractivity contribution in [3.05, 3.63) is 71.4 Å². The third kappa shape index (κ3) is 3.91. The van der Waals surface area contributed by atoms with E-state index in [9.17, 15) is 4.79 Å². The lowest BCUT2D eigenvalue weighted by Crippen LogP contribution is -2.27. The van der Waals surface area contributed by atoms with Gasteiger partial charge in [0.1, 0.15) is 0 Å². The maximum atomic E-state index is 12.7. The fourth-order valence-corrected chi connectivity index (χ4v) is 2.77. The lowest BCUT2D eigenvalue weighted by Gasteiger charge is -2.11. The molecule has 0 unspecified atom stereocenters. The summed E-state index contributed by atoms with van der Waals surface area (Å²) in [6.45, 7) is 4.75. The van der Waals surface area contributed by atoms with Gasteiger partial charge in [-0.15, -0.1) is 0 Å². The molecule has 0 radical (unpaired) electrons. The van der Waals surface area contributed by atoms with Crippen molar-refractivity contribution in [1.29, 1.82) is 0 Å². The summed E-state index contributed by atoms with van der Waals surface area (Å²) < 4.78 is 1.76. The number of hydrogen-bond acceptors (Lipinski definition) is 2. The number of rotatable bonds is 5. The van der Waals surface area contributed by atoms with E-state index in [4.69, 9.17) is 11.6 Å². The van der Waals surface area contributed by atoms with E-state index in [2.05, 4.69) is 24.3 Å². The van der Waals surface area contributed by atoms with E-state index in [1.807, 2.05) is 54.6 Å². The number of carbonyl (C=O) groups is 1. The van der Waals surface area contributed by atoms with E-state index in [-0.39, 0.29) is 5.91 Å². The zero-order valence-electron chi connectivity index (χ0n) is 14.2. The molecule has 0 atom stereocenters. The fraction of sp³-hybridized carbons (Fsp3) is 0.200. The lowest BCUT2D eigenvalue weighted by atomic mass is 10.1. The number of halogens is 1. The Morgan fingerprint density at radius 2 is 1.92 bits per heavy atom. The van der Waals surface area contributed by atoms with Gasteiger partial charge in [0.25, 0.3) is 5.91 Å². The van der Waals surface area contributed by atoms with Gasteiger partial charge >= 0.3 is 0 Å². The van der Waals surface area contributed by atoms with Gasteiger partial charge in [-0.25, -0.2) is 4.68 Å². The number of nitrogens with zero attached hydrogens (tertiary/aromatic N) is 2. The van der Waals surface area contributed by atoms with Crippen molar-refractivity contribution in [3.8, 4) is 16.9 Å². The van der Waals surface area contributed by atoms with Crippen molar-refractivity contribution in [2.75, 3.05) is 6.54 Å². The van der Waals surface area contributed by atoms with E-state index < -0.39 is 0 Å². The smallest absolute Gasteiger partial charge is 0.255 e. The summed E-state index contributed by atoms with van der Waals surface area (Å²) in [5, 5.41) is 8.04. The monoisotopic (exact) mass is 353 g/mol. The molecule has 3 aromatic rings. The molecule has 0 aliphatic rings. The van der Waals surface area contributed by atoms with Gasteiger partial charge < -0.3 is 5.32 Å². The molecule has 0 fully saturated rings. The SMILES string of the molecule is CC(C)CNC(=O)c1cnn(-c2cccc(Cl)c2)c1-c1ccccc1. The van der Waals surface area contributed by atoms with Crippen molar-refractivity contribution in [1.82, 2.24) is 15.1 Å². The average Bonchev–Trinajstić information content (AvgIpc) is 3.05. The third-order valence-corrected chi connectivity index (χ3v) is 4.02. The van der Waals surface area contributed by atoms with Gasteiger partial charge in [0.15, 0.2) is 0 Å². The number of amides is 1. The van der Waals surface area contributed by atoms with Crippen LogP contribution in [0.1, 0.15) is 24.2 Å². The lowest BCUT2D eigenvalue weighted by molar-refractivity contribution is 0.0949. The van der Waals surface area contributed by atoms with Gasteiger partial charge in [0, 0.05) is 17.1 Å². The molecule has 0 aliphatic heterocycles. The second-order valence-corrected chi connectivity index (χ2v) is 6.70. The van der Waals surface area contributed by atoms with Gasteiger partial charge in [-0.2, -0.15) is 5.10 Å². The molecule has 0 spiro atoms. The predicted octanol–water partition coefficient (Wildman–Crippen LogP) is 4.58.